The van der Waals surface area contributed by atoms with E-state index in [-0.39, 0.29) is 18.1 Å². The van der Waals surface area contributed by atoms with E-state index >= 15 is 0 Å². The van der Waals surface area contributed by atoms with Gasteiger partial charge in [-0.3, -0.25) is 4.79 Å². The van der Waals surface area contributed by atoms with Gasteiger partial charge in [0.15, 0.2) is 0 Å². The Bertz CT molecular complexity index is 430. The molecule has 1 saturated carbocycles. The number of aliphatic hydroxyl groups is 1. The predicted octanol–water partition coefficient (Wildman–Crippen LogP) is 2.37. The molecule has 0 spiro atoms. The molecule has 1 aromatic carbocycles. The predicted molar refractivity (Wildman–Crippen MR) is 71.5 cm³/mol. The summed E-state index contributed by atoms with van der Waals surface area (Å²) in [5.74, 6) is 0.00431. The van der Waals surface area contributed by atoms with Crippen molar-refractivity contribution >= 4 is 5.91 Å². The summed E-state index contributed by atoms with van der Waals surface area (Å²) < 4.78 is 0. The number of rotatable bonds is 2. The van der Waals surface area contributed by atoms with E-state index in [0.717, 1.165) is 31.2 Å². The summed E-state index contributed by atoms with van der Waals surface area (Å²) in [4.78, 5) is 14.1. The smallest absolute Gasteiger partial charge is 0.253 e. The minimum Gasteiger partial charge on any atom is -0.391 e. The standard InChI is InChI=1S/C15H21NO2/c1-11-6-5-7-12(10-11)15(18)16(2)13-8-3-4-9-14(13)17/h5-7,10,13-14,17H,3-4,8-9H2,1-2H3/t13-,14+/m0/s1. The SMILES string of the molecule is Cc1cccc(C(=O)N(C)[C@H]2CCCC[C@H]2O)c1. The van der Waals surface area contributed by atoms with Gasteiger partial charge in [-0.05, 0) is 31.9 Å². The largest absolute Gasteiger partial charge is 0.391 e. The zero-order valence-corrected chi connectivity index (χ0v) is 11.1. The molecule has 1 amide bonds. The molecule has 0 radical (unpaired) electrons. The van der Waals surface area contributed by atoms with Gasteiger partial charge in [-0.25, -0.2) is 0 Å². The quantitative estimate of drug-likeness (QED) is 0.871. The van der Waals surface area contributed by atoms with Crippen molar-refractivity contribution in [2.45, 2.75) is 44.8 Å². The van der Waals surface area contributed by atoms with Crippen LogP contribution in [0.5, 0.6) is 0 Å². The molecule has 2 atom stereocenters. The summed E-state index contributed by atoms with van der Waals surface area (Å²) in [6, 6.07) is 7.57. The van der Waals surface area contributed by atoms with Crippen LogP contribution in [0.25, 0.3) is 0 Å². The molecular formula is C15H21NO2. The molecule has 0 saturated heterocycles. The average molecular weight is 247 g/mol. The van der Waals surface area contributed by atoms with Crippen LogP contribution in [-0.4, -0.2) is 35.1 Å². The van der Waals surface area contributed by atoms with Gasteiger partial charge in [-0.2, -0.15) is 0 Å². The first-order valence-corrected chi connectivity index (χ1v) is 6.61. The molecule has 1 aliphatic rings. The first-order chi connectivity index (χ1) is 8.59. The number of carbonyl (C=O) groups is 1. The number of hydrogen-bond acceptors (Lipinski definition) is 2. The van der Waals surface area contributed by atoms with Crippen molar-refractivity contribution in [3.8, 4) is 0 Å². The van der Waals surface area contributed by atoms with E-state index < -0.39 is 0 Å². The number of aliphatic hydroxyl groups excluding tert-OH is 1. The average Bonchev–Trinajstić information content (AvgIpc) is 2.37. The van der Waals surface area contributed by atoms with Crippen LogP contribution in [0.1, 0.15) is 41.6 Å². The minimum absolute atomic E-state index is 0.00431. The number of nitrogens with zero attached hydrogens (tertiary/aromatic N) is 1. The molecule has 3 heteroatoms. The minimum atomic E-state index is -0.377. The lowest BCUT2D eigenvalue weighted by Crippen LogP contribution is -2.46. The molecule has 0 bridgehead atoms. The van der Waals surface area contributed by atoms with Gasteiger partial charge in [-0.15, -0.1) is 0 Å². The maximum atomic E-state index is 12.4. The van der Waals surface area contributed by atoms with Crippen LogP contribution in [0.15, 0.2) is 24.3 Å². The number of aryl methyl sites for hydroxylation is 1. The van der Waals surface area contributed by atoms with Crippen molar-refractivity contribution in [1.29, 1.82) is 0 Å². The Kier molecular flexibility index (Phi) is 4.02. The number of hydrogen-bond donors (Lipinski definition) is 1. The van der Waals surface area contributed by atoms with Crippen molar-refractivity contribution in [2.75, 3.05) is 7.05 Å². The molecular weight excluding hydrogens is 226 g/mol. The molecule has 3 nitrogen and oxygen atoms in total. The van der Waals surface area contributed by atoms with E-state index in [2.05, 4.69) is 0 Å². The highest BCUT2D eigenvalue weighted by Gasteiger charge is 2.29. The molecule has 98 valence electrons. The zero-order chi connectivity index (χ0) is 13.1. The summed E-state index contributed by atoms with van der Waals surface area (Å²) in [5.41, 5.74) is 1.79. The van der Waals surface area contributed by atoms with Gasteiger partial charge in [-0.1, -0.05) is 30.5 Å². The monoisotopic (exact) mass is 247 g/mol. The zero-order valence-electron chi connectivity index (χ0n) is 11.1. The Balaban J connectivity index is 2.13. The topological polar surface area (TPSA) is 40.5 Å². The first kappa shape index (κ1) is 13.1. The van der Waals surface area contributed by atoms with Crippen LogP contribution in [0, 0.1) is 6.92 Å². The maximum absolute atomic E-state index is 12.4. The molecule has 0 aliphatic heterocycles. The van der Waals surface area contributed by atoms with Crippen molar-refractivity contribution in [3.05, 3.63) is 35.4 Å². The van der Waals surface area contributed by atoms with E-state index in [4.69, 9.17) is 0 Å². The molecule has 18 heavy (non-hydrogen) atoms. The summed E-state index contributed by atoms with van der Waals surface area (Å²) in [7, 11) is 1.80. The molecule has 1 aromatic rings. The fraction of sp³-hybridized carbons (Fsp3) is 0.533. The lowest BCUT2D eigenvalue weighted by atomic mass is 9.91. The third-order valence-electron chi connectivity index (χ3n) is 3.78. The van der Waals surface area contributed by atoms with Gasteiger partial charge < -0.3 is 10.0 Å². The van der Waals surface area contributed by atoms with Crippen LogP contribution in [-0.2, 0) is 0 Å². The fourth-order valence-corrected chi connectivity index (χ4v) is 2.68. The summed E-state index contributed by atoms with van der Waals surface area (Å²) in [6.45, 7) is 1.98. The number of benzene rings is 1. The van der Waals surface area contributed by atoms with Crippen LogP contribution < -0.4 is 0 Å². The molecule has 2 rings (SSSR count). The van der Waals surface area contributed by atoms with E-state index in [1.165, 1.54) is 0 Å². The summed E-state index contributed by atoms with van der Waals surface area (Å²) >= 11 is 0. The highest BCUT2D eigenvalue weighted by atomic mass is 16.3. The Morgan fingerprint density at radius 3 is 2.72 bits per heavy atom. The van der Waals surface area contributed by atoms with Crippen molar-refractivity contribution in [1.82, 2.24) is 4.90 Å². The first-order valence-electron chi connectivity index (χ1n) is 6.61. The molecule has 1 aliphatic carbocycles. The lowest BCUT2D eigenvalue weighted by Gasteiger charge is -2.35. The van der Waals surface area contributed by atoms with E-state index in [1.807, 2.05) is 31.2 Å². The van der Waals surface area contributed by atoms with Gasteiger partial charge in [0.25, 0.3) is 5.91 Å². The third-order valence-corrected chi connectivity index (χ3v) is 3.78. The second-order valence-corrected chi connectivity index (χ2v) is 5.20. The number of carbonyl (C=O) groups excluding carboxylic acids is 1. The maximum Gasteiger partial charge on any atom is 0.253 e. The lowest BCUT2D eigenvalue weighted by molar-refractivity contribution is 0.0268. The number of likely N-dealkylation sites (N-methyl/N-ethyl adjacent to an activating group) is 1. The van der Waals surface area contributed by atoms with Crippen LogP contribution in [0.2, 0.25) is 0 Å². The Morgan fingerprint density at radius 2 is 2.06 bits per heavy atom. The van der Waals surface area contributed by atoms with Crippen LogP contribution in [0.4, 0.5) is 0 Å². The Hall–Kier alpha value is -1.35. The van der Waals surface area contributed by atoms with Crippen LogP contribution in [0.3, 0.4) is 0 Å². The van der Waals surface area contributed by atoms with Gasteiger partial charge in [0, 0.05) is 12.6 Å². The van der Waals surface area contributed by atoms with Crippen LogP contribution >= 0.6 is 0 Å². The molecule has 0 aromatic heterocycles. The number of amides is 1. The molecule has 0 heterocycles. The highest BCUT2D eigenvalue weighted by Crippen LogP contribution is 2.23. The second-order valence-electron chi connectivity index (χ2n) is 5.20. The van der Waals surface area contributed by atoms with E-state index in [1.54, 1.807) is 11.9 Å². The van der Waals surface area contributed by atoms with Gasteiger partial charge in [0.05, 0.1) is 12.1 Å². The Labute approximate surface area is 108 Å². The van der Waals surface area contributed by atoms with Crippen molar-refractivity contribution < 1.29 is 9.90 Å². The van der Waals surface area contributed by atoms with E-state index in [9.17, 15) is 9.90 Å². The Morgan fingerprint density at radius 1 is 1.33 bits per heavy atom. The van der Waals surface area contributed by atoms with Gasteiger partial charge in [0.2, 0.25) is 0 Å². The molecule has 0 unspecified atom stereocenters. The van der Waals surface area contributed by atoms with Gasteiger partial charge in [0.1, 0.15) is 0 Å². The van der Waals surface area contributed by atoms with E-state index in [0.29, 0.717) is 5.56 Å². The van der Waals surface area contributed by atoms with Crippen molar-refractivity contribution in [2.24, 2.45) is 0 Å². The fourth-order valence-electron chi connectivity index (χ4n) is 2.68. The third kappa shape index (κ3) is 2.72. The molecule has 1 fully saturated rings. The van der Waals surface area contributed by atoms with Gasteiger partial charge >= 0.3 is 0 Å². The highest BCUT2D eigenvalue weighted by molar-refractivity contribution is 5.94. The summed E-state index contributed by atoms with van der Waals surface area (Å²) in [6.07, 6.45) is 3.47. The normalized spacial score (nSPS) is 23.7. The summed E-state index contributed by atoms with van der Waals surface area (Å²) in [5, 5.41) is 10.00. The molecule has 1 N–H and O–H groups in total. The second kappa shape index (κ2) is 5.53. The van der Waals surface area contributed by atoms with Crippen molar-refractivity contribution in [3.63, 3.8) is 0 Å².